The molecule has 8 atom stereocenters. The van der Waals surface area contributed by atoms with E-state index in [1.165, 1.54) is 0 Å². The number of fused-ring (bicyclic) bond motifs is 5. The highest BCUT2D eigenvalue weighted by Crippen LogP contribution is 2.70. The number of cyclic esters (lactones) is 1. The van der Waals surface area contributed by atoms with Crippen LogP contribution in [0.5, 0.6) is 0 Å². The van der Waals surface area contributed by atoms with Gasteiger partial charge in [0.05, 0.1) is 6.61 Å². The monoisotopic (exact) mass is 516 g/mol. The first-order valence-electron chi connectivity index (χ1n) is 13.2. The van der Waals surface area contributed by atoms with E-state index in [9.17, 15) is 24.3 Å². The fourth-order valence-corrected chi connectivity index (χ4v) is 9.64. The van der Waals surface area contributed by atoms with Crippen LogP contribution in [0.2, 0.25) is 0 Å². The number of hydrogen-bond acceptors (Lipinski definition) is 8. The number of ether oxygens (including phenoxy) is 2. The zero-order valence-electron chi connectivity index (χ0n) is 21.5. The molecule has 8 heteroatoms. The number of ketones is 1. The minimum atomic E-state index is -1.30. The minimum Gasteiger partial charge on any atom is -0.504 e. The normalized spacial score (nSPS) is 43.5. The highest BCUT2D eigenvalue weighted by molar-refractivity contribution is 8.14. The van der Waals surface area contributed by atoms with E-state index in [1.54, 1.807) is 19.1 Å². The van der Waals surface area contributed by atoms with Crippen molar-refractivity contribution >= 4 is 34.6 Å². The summed E-state index contributed by atoms with van der Waals surface area (Å²) in [4.78, 5) is 51.3. The third-order valence-corrected chi connectivity index (χ3v) is 11.4. The topological polar surface area (TPSA) is 107 Å². The predicted octanol–water partition coefficient (Wildman–Crippen LogP) is 4.69. The standard InChI is InChI=1S/C28H36O7S/c1-5-23(31)35-28(25(33)36-22-9-11-34-24(22)32)15(2)12-19-17-7-6-16-13-20(29)21(30)14-26(16,3)18(17)8-10-27(19,28)4/h13-15,17-19,22,30H,5-12H2,1-4H3/t15?,17-,18+,19+,22+,26+,27+,28+/m1/s1. The smallest absolute Gasteiger partial charge is 0.319 e. The summed E-state index contributed by atoms with van der Waals surface area (Å²) in [7, 11) is 0. The molecule has 1 saturated heterocycles. The van der Waals surface area contributed by atoms with Gasteiger partial charge in [0.15, 0.2) is 11.4 Å². The van der Waals surface area contributed by atoms with Crippen molar-refractivity contribution in [2.24, 2.45) is 34.5 Å². The molecule has 5 rings (SSSR count). The Morgan fingerprint density at radius 3 is 2.61 bits per heavy atom. The van der Waals surface area contributed by atoms with Crippen LogP contribution in [0.1, 0.15) is 72.6 Å². The Kier molecular flexibility index (Phi) is 6.21. The molecule has 1 N–H and O–H groups in total. The van der Waals surface area contributed by atoms with Crippen molar-refractivity contribution in [3.8, 4) is 0 Å². The number of esters is 2. The van der Waals surface area contributed by atoms with Gasteiger partial charge in [-0.25, -0.2) is 0 Å². The van der Waals surface area contributed by atoms with Crippen LogP contribution in [-0.4, -0.2) is 45.4 Å². The Labute approximate surface area is 216 Å². The van der Waals surface area contributed by atoms with E-state index in [1.807, 2.05) is 6.92 Å². The van der Waals surface area contributed by atoms with Crippen LogP contribution in [0, 0.1) is 34.5 Å². The quantitative estimate of drug-likeness (QED) is 0.536. The van der Waals surface area contributed by atoms with E-state index < -0.39 is 27.7 Å². The molecule has 4 fully saturated rings. The van der Waals surface area contributed by atoms with Gasteiger partial charge in [-0.15, -0.1) is 0 Å². The van der Waals surface area contributed by atoms with Crippen molar-refractivity contribution in [2.75, 3.05) is 6.61 Å². The van der Waals surface area contributed by atoms with Crippen molar-refractivity contribution in [3.63, 3.8) is 0 Å². The molecule has 3 saturated carbocycles. The number of rotatable bonds is 4. The molecule has 1 heterocycles. The third-order valence-electron chi connectivity index (χ3n) is 10.2. The number of hydrogen-bond donors (Lipinski definition) is 1. The van der Waals surface area contributed by atoms with Gasteiger partial charge in [-0.2, -0.15) is 0 Å². The first-order chi connectivity index (χ1) is 17.0. The zero-order valence-corrected chi connectivity index (χ0v) is 22.3. The van der Waals surface area contributed by atoms with Gasteiger partial charge in [0.25, 0.3) is 0 Å². The summed E-state index contributed by atoms with van der Waals surface area (Å²) in [5.74, 6) is -0.841. The molecular weight excluding hydrogens is 480 g/mol. The summed E-state index contributed by atoms with van der Waals surface area (Å²) in [5, 5.41) is 9.53. The molecule has 1 aliphatic heterocycles. The Morgan fingerprint density at radius 2 is 1.94 bits per heavy atom. The maximum Gasteiger partial charge on any atom is 0.319 e. The van der Waals surface area contributed by atoms with E-state index in [-0.39, 0.29) is 52.7 Å². The molecule has 0 radical (unpaired) electrons. The molecule has 1 unspecified atom stereocenters. The first kappa shape index (κ1) is 25.6. The Morgan fingerprint density at radius 1 is 1.19 bits per heavy atom. The van der Waals surface area contributed by atoms with Gasteiger partial charge in [0.1, 0.15) is 5.25 Å². The molecule has 0 amide bonds. The molecule has 4 aliphatic carbocycles. The van der Waals surface area contributed by atoms with Crippen LogP contribution in [0.25, 0.3) is 0 Å². The highest BCUT2D eigenvalue weighted by atomic mass is 32.2. The molecule has 36 heavy (non-hydrogen) atoms. The van der Waals surface area contributed by atoms with Crippen molar-refractivity contribution in [2.45, 2.75) is 83.5 Å². The maximum absolute atomic E-state index is 14.1. The first-order valence-corrected chi connectivity index (χ1v) is 14.1. The lowest BCUT2D eigenvalue weighted by molar-refractivity contribution is -0.190. The van der Waals surface area contributed by atoms with E-state index in [4.69, 9.17) is 9.47 Å². The number of aliphatic hydroxyl groups is 1. The Hall–Kier alpha value is -2.09. The van der Waals surface area contributed by atoms with Gasteiger partial charge in [0, 0.05) is 29.6 Å². The fourth-order valence-electron chi connectivity index (χ4n) is 8.35. The van der Waals surface area contributed by atoms with E-state index >= 15 is 0 Å². The molecule has 0 aromatic heterocycles. The Balaban J connectivity index is 1.52. The van der Waals surface area contributed by atoms with Gasteiger partial charge in [-0.1, -0.05) is 45.0 Å². The molecule has 0 aromatic carbocycles. The third kappa shape index (κ3) is 3.46. The number of thioether (sulfide) groups is 1. The van der Waals surface area contributed by atoms with Crippen LogP contribution >= 0.6 is 11.8 Å². The molecular formula is C28H36O7S. The molecule has 196 valence electrons. The second-order valence-corrected chi connectivity index (χ2v) is 12.9. The summed E-state index contributed by atoms with van der Waals surface area (Å²) < 4.78 is 11.3. The van der Waals surface area contributed by atoms with Crippen molar-refractivity contribution in [3.05, 3.63) is 23.5 Å². The predicted molar refractivity (Wildman–Crippen MR) is 134 cm³/mol. The summed E-state index contributed by atoms with van der Waals surface area (Å²) in [5.41, 5.74) is -1.20. The van der Waals surface area contributed by atoms with Gasteiger partial charge in [-0.3, -0.25) is 19.2 Å². The fraction of sp³-hybridized carbons (Fsp3) is 0.714. The van der Waals surface area contributed by atoms with Crippen LogP contribution in [-0.2, 0) is 28.7 Å². The highest BCUT2D eigenvalue weighted by Gasteiger charge is 2.71. The van der Waals surface area contributed by atoms with Crippen molar-refractivity contribution in [1.82, 2.24) is 0 Å². The number of carbonyl (C=O) groups is 4. The lowest BCUT2D eigenvalue weighted by Gasteiger charge is -2.58. The van der Waals surface area contributed by atoms with Gasteiger partial charge in [-0.05, 0) is 62.0 Å². The summed E-state index contributed by atoms with van der Waals surface area (Å²) >= 11 is 0.989. The summed E-state index contributed by atoms with van der Waals surface area (Å²) in [6.45, 7) is 8.28. The lowest BCUT2D eigenvalue weighted by atomic mass is 9.47. The van der Waals surface area contributed by atoms with E-state index in [0.717, 1.165) is 43.0 Å². The second-order valence-electron chi connectivity index (χ2n) is 11.8. The summed E-state index contributed by atoms with van der Waals surface area (Å²) in [6.07, 6.45) is 7.92. The molecule has 5 aliphatic rings. The van der Waals surface area contributed by atoms with Crippen LogP contribution < -0.4 is 0 Å². The van der Waals surface area contributed by atoms with Crippen LogP contribution in [0.15, 0.2) is 23.5 Å². The second kappa shape index (κ2) is 8.74. The Bertz CT molecular complexity index is 1080. The van der Waals surface area contributed by atoms with Crippen LogP contribution in [0.4, 0.5) is 0 Å². The molecule has 0 bridgehead atoms. The largest absolute Gasteiger partial charge is 0.504 e. The van der Waals surface area contributed by atoms with Crippen LogP contribution in [0.3, 0.4) is 0 Å². The molecule has 0 spiro atoms. The zero-order chi connectivity index (χ0) is 26.0. The minimum absolute atomic E-state index is 0.141. The average molecular weight is 517 g/mol. The van der Waals surface area contributed by atoms with Crippen molar-refractivity contribution in [1.29, 1.82) is 0 Å². The van der Waals surface area contributed by atoms with Crippen molar-refractivity contribution < 1.29 is 33.8 Å². The molecule has 7 nitrogen and oxygen atoms in total. The SMILES string of the molecule is CCC(=O)O[C@]1(C(=O)S[C@H]2CCOC2=O)C(C)C[C@H]2[C@@H]3CCC4=CC(=O)C(O)=C[C@]4(C)[C@H]3CC[C@@]21C. The number of carbonyl (C=O) groups excluding carboxylic acids is 4. The molecule has 0 aromatic rings. The number of allylic oxidation sites excluding steroid dienone is 3. The summed E-state index contributed by atoms with van der Waals surface area (Å²) in [6, 6.07) is 0. The average Bonchev–Trinajstić information content (AvgIpc) is 3.33. The van der Waals surface area contributed by atoms with Gasteiger partial charge >= 0.3 is 11.9 Å². The lowest BCUT2D eigenvalue weighted by Crippen LogP contribution is -2.60. The van der Waals surface area contributed by atoms with E-state index in [0.29, 0.717) is 19.4 Å². The number of aliphatic hydroxyl groups excluding tert-OH is 1. The van der Waals surface area contributed by atoms with E-state index in [2.05, 4.69) is 13.8 Å². The van der Waals surface area contributed by atoms with Gasteiger partial charge in [0.2, 0.25) is 10.9 Å². The maximum atomic E-state index is 14.1. The van der Waals surface area contributed by atoms with Gasteiger partial charge < -0.3 is 14.6 Å².